The molecule has 2 rings (SSSR count). The van der Waals surface area contributed by atoms with Crippen LogP contribution >= 0.6 is 22.6 Å². The minimum Gasteiger partial charge on any atom is -0.407 e. The van der Waals surface area contributed by atoms with Gasteiger partial charge in [-0.05, 0) is 47.7 Å². The molecule has 0 spiro atoms. The highest BCUT2D eigenvalue weighted by atomic mass is 127. The highest BCUT2D eigenvalue weighted by molar-refractivity contribution is 14.1. The van der Waals surface area contributed by atoms with Gasteiger partial charge in [-0.1, -0.05) is 81.4 Å². The van der Waals surface area contributed by atoms with E-state index in [4.69, 9.17) is 9.53 Å². The van der Waals surface area contributed by atoms with Gasteiger partial charge in [0.05, 0.1) is 6.61 Å². The maximum absolute atomic E-state index is 9.07. The number of halogens is 1. The predicted octanol–water partition coefficient (Wildman–Crippen LogP) is 4.26. The number of benzene rings is 2. The van der Waals surface area contributed by atoms with E-state index in [0.717, 1.165) is 10.0 Å². The summed E-state index contributed by atoms with van der Waals surface area (Å²) in [6.07, 6.45) is 2.67. The lowest BCUT2D eigenvalue weighted by Crippen LogP contribution is -2.66. The molecule has 25 heavy (non-hydrogen) atoms. The first-order valence-corrected chi connectivity index (χ1v) is 11.6. The highest BCUT2D eigenvalue weighted by Crippen LogP contribution is 2.37. The third kappa shape index (κ3) is 4.81. The van der Waals surface area contributed by atoms with E-state index in [1.54, 1.807) is 0 Å². The molecule has 0 saturated carbocycles. The first kappa shape index (κ1) is 20.4. The van der Waals surface area contributed by atoms with Crippen molar-refractivity contribution in [3.05, 3.63) is 70.3 Å². The summed E-state index contributed by atoms with van der Waals surface area (Å²) < 4.78 is 7.93. The van der Waals surface area contributed by atoms with Gasteiger partial charge in [0, 0.05) is 13.0 Å². The molecule has 0 aliphatic rings. The smallest absolute Gasteiger partial charge is 0.261 e. The average Bonchev–Trinajstić information content (AvgIpc) is 2.59. The van der Waals surface area contributed by atoms with E-state index in [1.165, 1.54) is 10.4 Å². The molecular weight excluding hydrogens is 439 g/mol. The van der Waals surface area contributed by atoms with Gasteiger partial charge in [0.2, 0.25) is 0 Å². The summed E-state index contributed by atoms with van der Waals surface area (Å²) >= 11 is 2.28. The summed E-state index contributed by atoms with van der Waals surface area (Å²) in [7, 11) is -2.43. The van der Waals surface area contributed by atoms with Crippen LogP contribution in [-0.4, -0.2) is 26.6 Å². The van der Waals surface area contributed by atoms with E-state index in [-0.39, 0.29) is 11.6 Å². The summed E-state index contributed by atoms with van der Waals surface area (Å²) in [5.74, 6) is 0. The monoisotopic (exact) mass is 466 g/mol. The summed E-state index contributed by atoms with van der Waals surface area (Å²) in [6, 6.07) is 21.4. The molecule has 0 aliphatic carbocycles. The zero-order chi connectivity index (χ0) is 18.3. The standard InChI is InChI=1S/C21H27IO2Si/c1-21(2,3)25(19-10-6-4-7-11-19,20-12-8-5-9-13-20)24-17-15-18(22)14-16-23/h4-14,23H,15-17H2,1-3H3/b18-14-. The Morgan fingerprint density at radius 3 is 1.88 bits per heavy atom. The van der Waals surface area contributed by atoms with Crippen molar-refractivity contribution in [3.63, 3.8) is 0 Å². The summed E-state index contributed by atoms with van der Waals surface area (Å²) in [6.45, 7) is 7.59. The maximum atomic E-state index is 9.07. The van der Waals surface area contributed by atoms with Crippen molar-refractivity contribution in [1.29, 1.82) is 0 Å². The van der Waals surface area contributed by atoms with E-state index >= 15 is 0 Å². The minimum absolute atomic E-state index is 0.00182. The van der Waals surface area contributed by atoms with E-state index < -0.39 is 8.32 Å². The van der Waals surface area contributed by atoms with Gasteiger partial charge in [-0.3, -0.25) is 0 Å². The summed E-state index contributed by atoms with van der Waals surface area (Å²) in [4.78, 5) is 0. The number of rotatable bonds is 7. The van der Waals surface area contributed by atoms with Crippen molar-refractivity contribution < 1.29 is 9.53 Å². The van der Waals surface area contributed by atoms with Crippen LogP contribution in [0.5, 0.6) is 0 Å². The maximum Gasteiger partial charge on any atom is 0.261 e. The molecule has 4 heteroatoms. The van der Waals surface area contributed by atoms with Crippen molar-refractivity contribution in [1.82, 2.24) is 0 Å². The Labute approximate surface area is 166 Å². The lowest BCUT2D eigenvalue weighted by molar-refractivity contribution is 0.303. The van der Waals surface area contributed by atoms with Crippen molar-refractivity contribution in [3.8, 4) is 0 Å². The molecule has 0 amide bonds. The molecule has 0 aliphatic heterocycles. The quantitative estimate of drug-likeness (QED) is 0.488. The fraction of sp³-hybridized carbons (Fsp3) is 0.333. The fourth-order valence-corrected chi connectivity index (χ4v) is 8.25. The summed E-state index contributed by atoms with van der Waals surface area (Å²) in [5, 5.41) is 11.7. The normalized spacial score (nSPS) is 13.1. The van der Waals surface area contributed by atoms with Crippen molar-refractivity contribution in [2.45, 2.75) is 32.2 Å². The second-order valence-electron chi connectivity index (χ2n) is 7.10. The van der Waals surface area contributed by atoms with Gasteiger partial charge in [-0.2, -0.15) is 0 Å². The van der Waals surface area contributed by atoms with Gasteiger partial charge >= 0.3 is 0 Å². The van der Waals surface area contributed by atoms with E-state index in [2.05, 4.69) is 104 Å². The topological polar surface area (TPSA) is 29.5 Å². The van der Waals surface area contributed by atoms with Gasteiger partial charge in [-0.25, -0.2) is 0 Å². The molecule has 0 saturated heterocycles. The van der Waals surface area contributed by atoms with Crippen LogP contribution in [0.3, 0.4) is 0 Å². The van der Waals surface area contributed by atoms with Crippen LogP contribution in [-0.2, 0) is 4.43 Å². The Morgan fingerprint density at radius 1 is 1.00 bits per heavy atom. The third-order valence-electron chi connectivity index (χ3n) is 4.39. The second kappa shape index (κ2) is 9.12. The number of hydrogen-bond acceptors (Lipinski definition) is 2. The molecule has 0 unspecified atom stereocenters. The SMILES string of the molecule is CC(C)(C)[Si](OCC/C(I)=C/CO)(c1ccccc1)c1ccccc1. The van der Waals surface area contributed by atoms with Crippen LogP contribution < -0.4 is 10.4 Å². The molecule has 0 fully saturated rings. The number of hydrogen-bond donors (Lipinski definition) is 1. The van der Waals surface area contributed by atoms with E-state index in [1.807, 2.05) is 6.08 Å². The lowest BCUT2D eigenvalue weighted by atomic mass is 10.2. The van der Waals surface area contributed by atoms with Crippen LogP contribution in [0.15, 0.2) is 70.3 Å². The van der Waals surface area contributed by atoms with Crippen LogP contribution in [0.1, 0.15) is 27.2 Å². The molecule has 0 aromatic heterocycles. The molecule has 2 aromatic rings. The first-order valence-electron chi connectivity index (χ1n) is 8.62. The number of aliphatic hydroxyl groups is 1. The minimum atomic E-state index is -2.43. The third-order valence-corrected chi connectivity index (χ3v) is 10.4. The zero-order valence-corrected chi connectivity index (χ0v) is 18.4. The molecular formula is C21H27IO2Si. The number of aliphatic hydroxyl groups excluding tert-OH is 1. The molecule has 0 atom stereocenters. The molecule has 2 aromatic carbocycles. The molecule has 0 radical (unpaired) electrons. The van der Waals surface area contributed by atoms with Gasteiger partial charge in [-0.15, -0.1) is 0 Å². The zero-order valence-electron chi connectivity index (χ0n) is 15.2. The predicted molar refractivity (Wildman–Crippen MR) is 117 cm³/mol. The largest absolute Gasteiger partial charge is 0.407 e. The van der Waals surface area contributed by atoms with Gasteiger partial charge in [0.25, 0.3) is 8.32 Å². The van der Waals surface area contributed by atoms with Crippen LogP contribution in [0.4, 0.5) is 0 Å². The van der Waals surface area contributed by atoms with Gasteiger partial charge < -0.3 is 9.53 Å². The molecule has 0 bridgehead atoms. The first-order chi connectivity index (χ1) is 11.9. The summed E-state index contributed by atoms with van der Waals surface area (Å²) in [5.41, 5.74) is 0. The Hall–Kier alpha value is -0.953. The van der Waals surface area contributed by atoms with E-state index in [9.17, 15) is 0 Å². The van der Waals surface area contributed by atoms with Crippen molar-refractivity contribution in [2.24, 2.45) is 0 Å². The van der Waals surface area contributed by atoms with Gasteiger partial charge in [0.1, 0.15) is 0 Å². The fourth-order valence-electron chi connectivity index (χ4n) is 3.26. The van der Waals surface area contributed by atoms with Crippen molar-refractivity contribution in [2.75, 3.05) is 13.2 Å². The molecule has 0 heterocycles. The highest BCUT2D eigenvalue weighted by Gasteiger charge is 2.49. The molecule has 134 valence electrons. The lowest BCUT2D eigenvalue weighted by Gasteiger charge is -2.43. The molecule has 2 nitrogen and oxygen atoms in total. The van der Waals surface area contributed by atoms with Gasteiger partial charge in [0.15, 0.2) is 0 Å². The second-order valence-corrected chi connectivity index (χ2v) is 12.8. The Balaban J connectivity index is 2.47. The Kier molecular flexibility index (Phi) is 7.43. The van der Waals surface area contributed by atoms with E-state index in [0.29, 0.717) is 6.61 Å². The Bertz CT molecular complexity index is 639. The van der Waals surface area contributed by atoms with Crippen LogP contribution in [0, 0.1) is 0 Å². The Morgan fingerprint density at radius 2 is 1.48 bits per heavy atom. The van der Waals surface area contributed by atoms with Crippen LogP contribution in [0.25, 0.3) is 0 Å². The average molecular weight is 466 g/mol. The molecule has 1 N–H and O–H groups in total. The van der Waals surface area contributed by atoms with Crippen LogP contribution in [0.2, 0.25) is 5.04 Å². The van der Waals surface area contributed by atoms with Crippen molar-refractivity contribution >= 4 is 41.3 Å².